The summed E-state index contributed by atoms with van der Waals surface area (Å²) in [7, 11) is 1.58. The van der Waals surface area contributed by atoms with Gasteiger partial charge in [-0.05, 0) is 73.3 Å². The summed E-state index contributed by atoms with van der Waals surface area (Å²) in [6.45, 7) is 0.568. The van der Waals surface area contributed by atoms with E-state index in [1.807, 2.05) is 54.6 Å². The Morgan fingerprint density at radius 1 is 1.08 bits per heavy atom. The molecule has 2 N–H and O–H groups in total. The maximum Gasteiger partial charge on any atom is 0.217 e. The van der Waals surface area contributed by atoms with Crippen LogP contribution in [0.15, 0.2) is 72.8 Å². The Morgan fingerprint density at radius 3 is 2.61 bits per heavy atom. The SMILES string of the molecule is COc1nc2ccccc2cc1C(c1ccc(Cl)cc1)C1(O)CCNC(Cc2ccc(F)c(F)c2)C1. The maximum absolute atomic E-state index is 13.8. The number of halogens is 3. The smallest absolute Gasteiger partial charge is 0.217 e. The number of fused-ring (bicyclic) bond motifs is 1. The number of nitrogens with one attached hydrogen (secondary N) is 1. The maximum atomic E-state index is 13.8. The number of benzene rings is 3. The van der Waals surface area contributed by atoms with Crippen LogP contribution < -0.4 is 10.1 Å². The van der Waals surface area contributed by atoms with E-state index >= 15 is 0 Å². The van der Waals surface area contributed by atoms with Gasteiger partial charge in [0.2, 0.25) is 5.88 Å². The van der Waals surface area contributed by atoms with E-state index < -0.39 is 23.2 Å². The van der Waals surface area contributed by atoms with Gasteiger partial charge in [-0.3, -0.25) is 0 Å². The molecule has 1 fully saturated rings. The summed E-state index contributed by atoms with van der Waals surface area (Å²) in [5.74, 6) is -1.73. The first kappa shape index (κ1) is 24.6. The molecule has 0 amide bonds. The lowest BCUT2D eigenvalue weighted by molar-refractivity contribution is -0.0191. The van der Waals surface area contributed by atoms with Crippen LogP contribution in [0.1, 0.15) is 35.4 Å². The molecular weight excluding hydrogens is 482 g/mol. The van der Waals surface area contributed by atoms with Crippen molar-refractivity contribution in [3.05, 3.63) is 106 Å². The van der Waals surface area contributed by atoms with Gasteiger partial charge in [-0.1, -0.05) is 48.0 Å². The number of hydrogen-bond donors (Lipinski definition) is 2. The van der Waals surface area contributed by atoms with Crippen LogP contribution >= 0.6 is 11.6 Å². The van der Waals surface area contributed by atoms with Crippen molar-refractivity contribution in [2.75, 3.05) is 13.7 Å². The van der Waals surface area contributed by atoms with E-state index in [4.69, 9.17) is 21.3 Å². The minimum atomic E-state index is -1.15. The molecule has 0 bridgehead atoms. The molecule has 1 aliphatic heterocycles. The lowest BCUT2D eigenvalue weighted by atomic mass is 9.70. The number of ether oxygens (including phenoxy) is 1. The van der Waals surface area contributed by atoms with Crippen molar-refractivity contribution in [1.29, 1.82) is 0 Å². The number of nitrogens with zero attached hydrogens (tertiary/aromatic N) is 1. The Morgan fingerprint density at radius 2 is 1.86 bits per heavy atom. The highest BCUT2D eigenvalue weighted by Gasteiger charge is 2.44. The van der Waals surface area contributed by atoms with Crippen molar-refractivity contribution in [2.45, 2.75) is 36.8 Å². The van der Waals surface area contributed by atoms with Crippen molar-refractivity contribution in [3.63, 3.8) is 0 Å². The third-order valence-corrected chi connectivity index (χ3v) is 7.27. The molecule has 4 nitrogen and oxygen atoms in total. The Bertz CT molecular complexity index is 1380. The number of pyridine rings is 1. The van der Waals surface area contributed by atoms with E-state index in [-0.39, 0.29) is 6.04 Å². The number of piperidine rings is 1. The lowest BCUT2D eigenvalue weighted by Crippen LogP contribution is -2.52. The second-order valence-corrected chi connectivity index (χ2v) is 9.86. The van der Waals surface area contributed by atoms with Gasteiger partial charge in [0.05, 0.1) is 18.2 Å². The van der Waals surface area contributed by atoms with Crippen molar-refractivity contribution in [1.82, 2.24) is 10.3 Å². The number of methoxy groups -OCH3 is 1. The summed E-state index contributed by atoms with van der Waals surface area (Å²) in [6, 6.07) is 21.1. The standard InChI is InChI=1S/C29H27ClF2N2O2/c1-36-28-23(16-20-4-2-3-5-26(20)34-28)27(19-7-9-21(30)10-8-19)29(35)12-13-33-22(17-29)14-18-6-11-24(31)25(32)15-18/h2-11,15-16,22,27,33,35H,12-14,17H2,1H3. The molecule has 0 spiro atoms. The van der Waals surface area contributed by atoms with Crippen LogP contribution in [0.25, 0.3) is 10.9 Å². The van der Waals surface area contributed by atoms with E-state index in [1.165, 1.54) is 6.07 Å². The fourth-order valence-electron chi connectivity index (χ4n) is 5.37. The average Bonchev–Trinajstić information content (AvgIpc) is 2.87. The fourth-order valence-corrected chi connectivity index (χ4v) is 5.50. The molecule has 0 radical (unpaired) electrons. The quantitative estimate of drug-likeness (QED) is 0.334. The predicted octanol–water partition coefficient (Wildman–Crippen LogP) is 6.03. The van der Waals surface area contributed by atoms with Crippen LogP contribution in [0.4, 0.5) is 8.78 Å². The van der Waals surface area contributed by atoms with E-state index in [0.29, 0.717) is 42.3 Å². The number of hydrogen-bond acceptors (Lipinski definition) is 4. The summed E-state index contributed by atoms with van der Waals surface area (Å²) in [4.78, 5) is 4.74. The highest BCUT2D eigenvalue weighted by molar-refractivity contribution is 6.30. The molecule has 4 aromatic rings. The third kappa shape index (κ3) is 4.94. The Kier molecular flexibility index (Phi) is 6.93. The van der Waals surface area contributed by atoms with Gasteiger partial charge in [0, 0.05) is 27.9 Å². The van der Waals surface area contributed by atoms with E-state index in [0.717, 1.165) is 28.1 Å². The first-order chi connectivity index (χ1) is 17.4. The zero-order valence-electron chi connectivity index (χ0n) is 19.8. The van der Waals surface area contributed by atoms with Crippen LogP contribution in [0.5, 0.6) is 5.88 Å². The molecule has 36 heavy (non-hydrogen) atoms. The van der Waals surface area contributed by atoms with Gasteiger partial charge in [0.15, 0.2) is 11.6 Å². The number of aliphatic hydroxyl groups is 1. The molecule has 1 saturated heterocycles. The average molecular weight is 509 g/mol. The molecule has 1 aliphatic rings. The lowest BCUT2D eigenvalue weighted by Gasteiger charge is -2.43. The Hall–Kier alpha value is -3.06. The largest absolute Gasteiger partial charge is 0.481 e. The first-order valence-corrected chi connectivity index (χ1v) is 12.3. The van der Waals surface area contributed by atoms with Crippen molar-refractivity contribution in [2.24, 2.45) is 0 Å². The molecule has 0 aliphatic carbocycles. The minimum Gasteiger partial charge on any atom is -0.481 e. The van der Waals surface area contributed by atoms with Crippen LogP contribution in [0.2, 0.25) is 5.02 Å². The van der Waals surface area contributed by atoms with E-state index in [1.54, 1.807) is 13.2 Å². The summed E-state index contributed by atoms with van der Waals surface area (Å²) in [6.07, 6.45) is 1.35. The van der Waals surface area contributed by atoms with Gasteiger partial charge >= 0.3 is 0 Å². The second kappa shape index (κ2) is 10.1. The Balaban J connectivity index is 1.57. The Labute approximate surface area is 213 Å². The first-order valence-electron chi connectivity index (χ1n) is 11.9. The van der Waals surface area contributed by atoms with Crippen molar-refractivity contribution in [3.8, 4) is 5.88 Å². The molecule has 3 atom stereocenters. The molecule has 3 unspecified atom stereocenters. The van der Waals surface area contributed by atoms with Gasteiger partial charge in [-0.25, -0.2) is 13.8 Å². The molecule has 0 saturated carbocycles. The van der Waals surface area contributed by atoms with Crippen LogP contribution in [0.3, 0.4) is 0 Å². The topological polar surface area (TPSA) is 54.4 Å². The normalized spacial score (nSPS) is 20.9. The molecule has 7 heteroatoms. The molecular formula is C29H27ClF2N2O2. The second-order valence-electron chi connectivity index (χ2n) is 9.43. The molecule has 2 heterocycles. The summed E-state index contributed by atoms with van der Waals surface area (Å²) < 4.78 is 33.0. The van der Waals surface area contributed by atoms with Crippen molar-refractivity contribution < 1.29 is 18.6 Å². The van der Waals surface area contributed by atoms with Gasteiger partial charge in [0.25, 0.3) is 0 Å². The highest BCUT2D eigenvalue weighted by atomic mass is 35.5. The van der Waals surface area contributed by atoms with Crippen LogP contribution in [-0.2, 0) is 6.42 Å². The highest BCUT2D eigenvalue weighted by Crippen LogP contribution is 2.45. The third-order valence-electron chi connectivity index (χ3n) is 7.02. The summed E-state index contributed by atoms with van der Waals surface area (Å²) in [5.41, 5.74) is 2.00. The van der Waals surface area contributed by atoms with E-state index in [2.05, 4.69) is 5.32 Å². The van der Waals surface area contributed by atoms with E-state index in [9.17, 15) is 13.9 Å². The monoisotopic (exact) mass is 508 g/mol. The van der Waals surface area contributed by atoms with Gasteiger partial charge in [-0.15, -0.1) is 0 Å². The van der Waals surface area contributed by atoms with Crippen molar-refractivity contribution >= 4 is 22.5 Å². The van der Waals surface area contributed by atoms with Gasteiger partial charge in [0.1, 0.15) is 0 Å². The molecule has 3 aromatic carbocycles. The molecule has 186 valence electrons. The molecule has 1 aromatic heterocycles. The number of para-hydroxylation sites is 1. The fraction of sp³-hybridized carbons (Fsp3) is 0.276. The zero-order valence-corrected chi connectivity index (χ0v) is 20.6. The number of rotatable bonds is 6. The van der Waals surface area contributed by atoms with Gasteiger partial charge in [-0.2, -0.15) is 0 Å². The minimum absolute atomic E-state index is 0.136. The van der Waals surface area contributed by atoms with Crippen LogP contribution in [-0.4, -0.2) is 35.4 Å². The summed E-state index contributed by atoms with van der Waals surface area (Å²) >= 11 is 6.19. The zero-order chi connectivity index (χ0) is 25.3. The van der Waals surface area contributed by atoms with Crippen LogP contribution in [0, 0.1) is 11.6 Å². The predicted molar refractivity (Wildman–Crippen MR) is 138 cm³/mol. The number of aromatic nitrogens is 1. The molecule has 5 rings (SSSR count). The van der Waals surface area contributed by atoms with Gasteiger partial charge < -0.3 is 15.2 Å². The summed E-state index contributed by atoms with van der Waals surface area (Å²) in [5, 5.41) is 17.2.